The average molecular weight is 341 g/mol. The molecule has 1 aromatic heterocycles. The molecule has 1 aliphatic rings. The van der Waals surface area contributed by atoms with E-state index in [2.05, 4.69) is 4.98 Å². The zero-order valence-corrected chi connectivity index (χ0v) is 13.6. The van der Waals surface area contributed by atoms with Gasteiger partial charge in [-0.25, -0.2) is 13.8 Å². The molecule has 0 N–H and O–H groups in total. The third-order valence-electron chi connectivity index (χ3n) is 3.89. The van der Waals surface area contributed by atoms with E-state index in [-0.39, 0.29) is 23.3 Å². The van der Waals surface area contributed by atoms with Gasteiger partial charge in [-0.05, 0) is 38.3 Å². The molecule has 1 aromatic carbocycles. The molecule has 0 fully saturated rings. The summed E-state index contributed by atoms with van der Waals surface area (Å²) < 4.78 is 55.8. The van der Waals surface area contributed by atoms with E-state index in [0.29, 0.717) is 24.5 Å². The molecule has 0 radical (unpaired) electrons. The first-order valence-corrected chi connectivity index (χ1v) is 8.79. The van der Waals surface area contributed by atoms with E-state index >= 15 is 0 Å². The molecule has 0 atom stereocenters. The van der Waals surface area contributed by atoms with Gasteiger partial charge in [-0.15, -0.1) is 0 Å². The van der Waals surface area contributed by atoms with E-state index in [4.69, 9.17) is 0 Å². The molecule has 0 aliphatic carbocycles. The Kier molecular flexibility index (Phi) is 3.87. The fraction of sp³-hybridized carbons (Fsp3) is 0.400. The van der Waals surface area contributed by atoms with Crippen molar-refractivity contribution in [1.82, 2.24) is 9.55 Å². The maximum atomic E-state index is 14.2. The summed E-state index contributed by atoms with van der Waals surface area (Å²) in [7, 11) is -3.98. The van der Waals surface area contributed by atoms with Crippen LogP contribution in [0.2, 0.25) is 0 Å². The number of halogens is 2. The first-order valence-electron chi connectivity index (χ1n) is 7.35. The summed E-state index contributed by atoms with van der Waals surface area (Å²) in [5.74, 6) is -1.57. The van der Waals surface area contributed by atoms with Crippen LogP contribution in [-0.2, 0) is 16.4 Å². The van der Waals surface area contributed by atoms with Gasteiger partial charge in [-0.3, -0.25) is 4.31 Å². The molecular weight excluding hydrogens is 324 g/mol. The number of aromatic nitrogens is 2. The van der Waals surface area contributed by atoms with Crippen molar-refractivity contribution in [2.24, 2.45) is 0 Å². The fourth-order valence-electron chi connectivity index (χ4n) is 2.70. The molecule has 0 unspecified atom stereocenters. The zero-order chi connectivity index (χ0) is 16.8. The molecule has 2 heterocycles. The minimum atomic E-state index is -3.98. The maximum Gasteiger partial charge on any atom is 0.283 e. The standard InChI is InChI=1S/C15H17F2N3O2S/c1-10(2)19-8-14(18-9-19)23(21,22)20-5-3-4-11-6-12(16)7-13(17)15(11)20/h6-10H,3-5H2,1-2H3. The van der Waals surface area contributed by atoms with Gasteiger partial charge in [0.25, 0.3) is 10.0 Å². The largest absolute Gasteiger partial charge is 0.334 e. The third-order valence-corrected chi connectivity index (χ3v) is 5.58. The third kappa shape index (κ3) is 2.71. The van der Waals surface area contributed by atoms with Crippen molar-refractivity contribution in [2.75, 3.05) is 10.8 Å². The molecule has 23 heavy (non-hydrogen) atoms. The molecule has 3 rings (SSSR count). The number of hydrogen-bond donors (Lipinski definition) is 0. The first-order chi connectivity index (χ1) is 10.8. The maximum absolute atomic E-state index is 14.2. The van der Waals surface area contributed by atoms with Gasteiger partial charge < -0.3 is 4.57 Å². The van der Waals surface area contributed by atoms with Gasteiger partial charge in [0.2, 0.25) is 0 Å². The highest BCUT2D eigenvalue weighted by molar-refractivity contribution is 7.92. The van der Waals surface area contributed by atoms with Gasteiger partial charge in [0.05, 0.1) is 12.0 Å². The van der Waals surface area contributed by atoms with Crippen molar-refractivity contribution in [3.8, 4) is 0 Å². The normalized spacial score (nSPS) is 15.1. The number of hydrogen-bond acceptors (Lipinski definition) is 3. The molecule has 2 aromatic rings. The number of fused-ring (bicyclic) bond motifs is 1. The predicted octanol–water partition coefficient (Wildman–Crippen LogP) is 2.88. The Hall–Kier alpha value is -1.96. The van der Waals surface area contributed by atoms with Crippen molar-refractivity contribution in [3.05, 3.63) is 41.9 Å². The molecule has 1 aliphatic heterocycles. The van der Waals surface area contributed by atoms with E-state index < -0.39 is 21.7 Å². The van der Waals surface area contributed by atoms with E-state index in [1.165, 1.54) is 18.6 Å². The number of anilines is 1. The van der Waals surface area contributed by atoms with E-state index in [1.54, 1.807) is 4.57 Å². The number of aryl methyl sites for hydroxylation is 1. The van der Waals surface area contributed by atoms with Crippen LogP contribution >= 0.6 is 0 Å². The SMILES string of the molecule is CC(C)n1cnc(S(=O)(=O)N2CCCc3cc(F)cc(F)c32)c1. The molecule has 0 bridgehead atoms. The summed E-state index contributed by atoms with van der Waals surface area (Å²) in [6.45, 7) is 3.94. The lowest BCUT2D eigenvalue weighted by molar-refractivity contribution is 0.559. The number of rotatable bonds is 3. The number of nitrogens with zero attached hydrogens (tertiary/aromatic N) is 3. The monoisotopic (exact) mass is 341 g/mol. The highest BCUT2D eigenvalue weighted by atomic mass is 32.2. The van der Waals surface area contributed by atoms with Crippen LogP contribution in [0.4, 0.5) is 14.5 Å². The highest BCUT2D eigenvalue weighted by Gasteiger charge is 2.33. The Bertz CT molecular complexity index is 846. The summed E-state index contributed by atoms with van der Waals surface area (Å²) in [6.07, 6.45) is 3.80. The summed E-state index contributed by atoms with van der Waals surface area (Å²) >= 11 is 0. The van der Waals surface area contributed by atoms with Crippen LogP contribution in [-0.4, -0.2) is 24.5 Å². The van der Waals surface area contributed by atoms with Crippen LogP contribution in [0.25, 0.3) is 0 Å². The van der Waals surface area contributed by atoms with Crippen LogP contribution in [0.15, 0.2) is 29.7 Å². The molecule has 124 valence electrons. The van der Waals surface area contributed by atoms with Gasteiger partial charge in [0, 0.05) is 24.8 Å². The minimum absolute atomic E-state index is 0.0610. The Morgan fingerprint density at radius 3 is 2.65 bits per heavy atom. The van der Waals surface area contributed by atoms with Crippen molar-refractivity contribution in [1.29, 1.82) is 0 Å². The molecule has 5 nitrogen and oxygen atoms in total. The van der Waals surface area contributed by atoms with E-state index in [9.17, 15) is 17.2 Å². The van der Waals surface area contributed by atoms with Crippen LogP contribution < -0.4 is 4.31 Å². The number of benzene rings is 1. The number of imidazole rings is 1. The molecular formula is C15H17F2N3O2S. The van der Waals surface area contributed by atoms with Crippen molar-refractivity contribution in [3.63, 3.8) is 0 Å². The molecule has 8 heteroatoms. The van der Waals surface area contributed by atoms with Gasteiger partial charge >= 0.3 is 0 Å². The Morgan fingerprint density at radius 1 is 1.26 bits per heavy atom. The lowest BCUT2D eigenvalue weighted by Crippen LogP contribution is -2.36. The molecule has 0 saturated carbocycles. The van der Waals surface area contributed by atoms with Crippen molar-refractivity contribution < 1.29 is 17.2 Å². The van der Waals surface area contributed by atoms with Crippen LogP contribution in [0.3, 0.4) is 0 Å². The number of sulfonamides is 1. The van der Waals surface area contributed by atoms with Crippen molar-refractivity contribution >= 4 is 15.7 Å². The quantitative estimate of drug-likeness (QED) is 0.863. The van der Waals surface area contributed by atoms with Gasteiger partial charge in [-0.2, -0.15) is 8.42 Å². The molecule has 0 spiro atoms. The van der Waals surface area contributed by atoms with Gasteiger partial charge in [-0.1, -0.05) is 0 Å². The topological polar surface area (TPSA) is 55.2 Å². The van der Waals surface area contributed by atoms with Gasteiger partial charge in [0.15, 0.2) is 10.8 Å². The van der Waals surface area contributed by atoms with Crippen LogP contribution in [0.5, 0.6) is 0 Å². The molecule has 0 amide bonds. The Labute approximate surface area is 133 Å². The zero-order valence-electron chi connectivity index (χ0n) is 12.8. The summed E-state index contributed by atoms with van der Waals surface area (Å²) in [6, 6.07) is 1.96. The molecule has 0 saturated heterocycles. The summed E-state index contributed by atoms with van der Waals surface area (Å²) in [4.78, 5) is 3.94. The fourth-order valence-corrected chi connectivity index (χ4v) is 4.18. The van der Waals surface area contributed by atoms with E-state index in [1.807, 2.05) is 13.8 Å². The highest BCUT2D eigenvalue weighted by Crippen LogP contribution is 2.34. The summed E-state index contributed by atoms with van der Waals surface area (Å²) in [5.41, 5.74) is 0.289. The lowest BCUT2D eigenvalue weighted by atomic mass is 10.0. The lowest BCUT2D eigenvalue weighted by Gasteiger charge is -2.30. The summed E-state index contributed by atoms with van der Waals surface area (Å²) in [5, 5.41) is -0.136. The second kappa shape index (κ2) is 5.59. The second-order valence-corrected chi connectivity index (χ2v) is 7.64. The minimum Gasteiger partial charge on any atom is -0.334 e. The first kappa shape index (κ1) is 15.9. The van der Waals surface area contributed by atoms with E-state index in [0.717, 1.165) is 4.31 Å². The van der Waals surface area contributed by atoms with Crippen LogP contribution in [0, 0.1) is 11.6 Å². The Balaban J connectivity index is 2.09. The second-order valence-electron chi connectivity index (χ2n) is 5.83. The smallest absolute Gasteiger partial charge is 0.283 e. The average Bonchev–Trinajstić information content (AvgIpc) is 2.97. The van der Waals surface area contributed by atoms with Crippen molar-refractivity contribution in [2.45, 2.75) is 37.8 Å². The Morgan fingerprint density at radius 2 is 2.00 bits per heavy atom. The van der Waals surface area contributed by atoms with Crippen LogP contribution in [0.1, 0.15) is 31.9 Å². The predicted molar refractivity (Wildman–Crippen MR) is 81.8 cm³/mol. The van der Waals surface area contributed by atoms with Gasteiger partial charge in [0.1, 0.15) is 5.82 Å².